The number of ether oxygens (including phenoxy) is 1. The molecule has 0 amide bonds. The van der Waals surface area contributed by atoms with Gasteiger partial charge >= 0.3 is 5.97 Å². The Bertz CT molecular complexity index is 675. The van der Waals surface area contributed by atoms with Crippen molar-refractivity contribution in [2.45, 2.75) is 32.1 Å². The largest absolute Gasteiger partial charge is 0.462 e. The molecule has 0 atom stereocenters. The van der Waals surface area contributed by atoms with Gasteiger partial charge in [0.05, 0.1) is 12.2 Å². The molecular weight excluding hydrogens is 286 g/mol. The zero-order valence-electron chi connectivity index (χ0n) is 13.2. The molecule has 3 nitrogen and oxygen atoms in total. The maximum Gasteiger partial charge on any atom is 0.339 e. The van der Waals surface area contributed by atoms with Crippen LogP contribution in [0.2, 0.25) is 0 Å². The molecule has 0 saturated carbocycles. The van der Waals surface area contributed by atoms with Crippen molar-refractivity contribution in [1.82, 2.24) is 4.98 Å². The van der Waals surface area contributed by atoms with Gasteiger partial charge in [0.25, 0.3) is 0 Å². The summed E-state index contributed by atoms with van der Waals surface area (Å²) in [5, 5.41) is 0. The number of hydrogen-bond donors (Lipinski definition) is 0. The van der Waals surface area contributed by atoms with Gasteiger partial charge in [0.1, 0.15) is 0 Å². The molecule has 1 aromatic carbocycles. The van der Waals surface area contributed by atoms with E-state index in [1.807, 2.05) is 0 Å². The molecule has 1 aromatic heterocycles. The van der Waals surface area contributed by atoms with E-state index in [0.29, 0.717) is 12.2 Å². The van der Waals surface area contributed by atoms with Crippen LogP contribution in [-0.4, -0.2) is 17.6 Å². The fraction of sp³-hybridized carbons (Fsp3) is 0.300. The number of carbonyl (C=O) groups excluding carboxylic acids is 1. The van der Waals surface area contributed by atoms with Crippen molar-refractivity contribution in [3.8, 4) is 0 Å². The smallest absolute Gasteiger partial charge is 0.339 e. The molecule has 3 rings (SSSR count). The average molecular weight is 307 g/mol. The third-order valence-electron chi connectivity index (χ3n) is 4.14. The number of esters is 1. The molecule has 118 valence electrons. The maximum atomic E-state index is 11.8. The predicted molar refractivity (Wildman–Crippen MR) is 91.1 cm³/mol. The average Bonchev–Trinajstić information content (AvgIpc) is 2.64. The van der Waals surface area contributed by atoms with Crippen molar-refractivity contribution in [2.75, 3.05) is 6.61 Å². The minimum Gasteiger partial charge on any atom is -0.462 e. The van der Waals surface area contributed by atoms with E-state index < -0.39 is 0 Å². The Morgan fingerprint density at radius 1 is 1.13 bits per heavy atom. The molecule has 0 fully saturated rings. The van der Waals surface area contributed by atoms with E-state index in [4.69, 9.17) is 4.74 Å². The van der Waals surface area contributed by atoms with Crippen molar-refractivity contribution in [1.29, 1.82) is 0 Å². The third kappa shape index (κ3) is 4.28. The second-order valence-electron chi connectivity index (χ2n) is 5.80. The fourth-order valence-electron chi connectivity index (χ4n) is 2.81. The van der Waals surface area contributed by atoms with Gasteiger partial charge in [-0.25, -0.2) is 4.79 Å². The number of aromatic nitrogens is 1. The van der Waals surface area contributed by atoms with Crippen molar-refractivity contribution in [3.05, 3.63) is 71.6 Å². The summed E-state index contributed by atoms with van der Waals surface area (Å²) in [5.41, 5.74) is 4.46. The summed E-state index contributed by atoms with van der Waals surface area (Å²) in [6.45, 7) is 0.385. The Kier molecular flexibility index (Phi) is 5.20. The van der Waals surface area contributed by atoms with E-state index in [9.17, 15) is 4.79 Å². The van der Waals surface area contributed by atoms with Gasteiger partial charge in [-0.15, -0.1) is 0 Å². The minimum absolute atomic E-state index is 0.318. The van der Waals surface area contributed by atoms with Crippen LogP contribution in [0, 0.1) is 0 Å². The summed E-state index contributed by atoms with van der Waals surface area (Å²) in [7, 11) is 0. The highest BCUT2D eigenvalue weighted by Crippen LogP contribution is 2.26. The lowest BCUT2D eigenvalue weighted by atomic mass is 9.93. The topological polar surface area (TPSA) is 39.2 Å². The van der Waals surface area contributed by atoms with Gasteiger partial charge in [-0.2, -0.15) is 0 Å². The highest BCUT2D eigenvalue weighted by molar-refractivity contribution is 5.88. The molecule has 0 radical (unpaired) electrons. The summed E-state index contributed by atoms with van der Waals surface area (Å²) in [6, 6.07) is 12.0. The summed E-state index contributed by atoms with van der Waals surface area (Å²) < 4.78 is 5.29. The lowest BCUT2D eigenvalue weighted by Crippen LogP contribution is -2.08. The standard InChI is InChI=1S/C20H21NO2/c22-20(19-7-4-13-21-15-19)23-14-12-16-8-10-18(11-9-16)17-5-2-1-3-6-17/h4-5,7-11,13,15H,1-3,6,12,14H2. The number of pyridine rings is 1. The van der Waals surface area contributed by atoms with E-state index in [2.05, 4.69) is 35.3 Å². The predicted octanol–water partition coefficient (Wildman–Crippen LogP) is 4.44. The Balaban J connectivity index is 1.51. The number of benzene rings is 1. The maximum absolute atomic E-state index is 11.8. The van der Waals surface area contributed by atoms with Gasteiger partial charge in [-0.1, -0.05) is 30.3 Å². The van der Waals surface area contributed by atoms with E-state index in [0.717, 1.165) is 6.42 Å². The molecule has 23 heavy (non-hydrogen) atoms. The molecule has 0 bridgehead atoms. The molecule has 0 saturated heterocycles. The summed E-state index contributed by atoms with van der Waals surface area (Å²) >= 11 is 0. The van der Waals surface area contributed by atoms with Gasteiger partial charge in [-0.3, -0.25) is 4.98 Å². The SMILES string of the molecule is O=C(OCCc1ccc(C2=CCCCC2)cc1)c1cccnc1. The van der Waals surface area contributed by atoms with Gasteiger partial charge < -0.3 is 4.74 Å². The number of allylic oxidation sites excluding steroid dienone is 2. The second kappa shape index (κ2) is 7.73. The number of hydrogen-bond acceptors (Lipinski definition) is 3. The first-order chi connectivity index (χ1) is 11.3. The molecule has 0 spiro atoms. The van der Waals surface area contributed by atoms with Crippen LogP contribution in [0.1, 0.15) is 47.2 Å². The molecule has 0 aliphatic heterocycles. The number of carbonyl (C=O) groups is 1. The van der Waals surface area contributed by atoms with Crippen molar-refractivity contribution in [2.24, 2.45) is 0 Å². The third-order valence-corrected chi connectivity index (χ3v) is 4.14. The van der Waals surface area contributed by atoms with E-state index >= 15 is 0 Å². The highest BCUT2D eigenvalue weighted by atomic mass is 16.5. The fourth-order valence-corrected chi connectivity index (χ4v) is 2.81. The van der Waals surface area contributed by atoms with Crippen molar-refractivity contribution < 1.29 is 9.53 Å². The van der Waals surface area contributed by atoms with Crippen LogP contribution in [0.5, 0.6) is 0 Å². The summed E-state index contributed by atoms with van der Waals surface area (Å²) in [6.07, 6.45) is 11.2. The van der Waals surface area contributed by atoms with E-state index in [-0.39, 0.29) is 5.97 Å². The van der Waals surface area contributed by atoms with Crippen molar-refractivity contribution in [3.63, 3.8) is 0 Å². The first-order valence-electron chi connectivity index (χ1n) is 8.18. The molecule has 0 unspecified atom stereocenters. The monoisotopic (exact) mass is 307 g/mol. The molecular formula is C20H21NO2. The first kappa shape index (κ1) is 15.5. The minimum atomic E-state index is -0.318. The lowest BCUT2D eigenvalue weighted by molar-refractivity contribution is 0.0509. The lowest BCUT2D eigenvalue weighted by Gasteiger charge is -2.13. The summed E-state index contributed by atoms with van der Waals surface area (Å²) in [5.74, 6) is -0.318. The second-order valence-corrected chi connectivity index (χ2v) is 5.80. The molecule has 0 N–H and O–H groups in total. The summed E-state index contributed by atoms with van der Waals surface area (Å²) in [4.78, 5) is 15.7. The molecule has 2 aromatic rings. The van der Waals surface area contributed by atoms with Gasteiger partial charge in [0.2, 0.25) is 0 Å². The highest BCUT2D eigenvalue weighted by Gasteiger charge is 2.08. The van der Waals surface area contributed by atoms with Crippen LogP contribution in [-0.2, 0) is 11.2 Å². The molecule has 3 heteroatoms. The van der Waals surface area contributed by atoms with E-state index in [1.165, 1.54) is 48.6 Å². The molecule has 1 aliphatic carbocycles. The van der Waals surface area contributed by atoms with Crippen LogP contribution < -0.4 is 0 Å². The number of rotatable bonds is 5. The first-order valence-corrected chi connectivity index (χ1v) is 8.18. The Hall–Kier alpha value is -2.42. The molecule has 1 heterocycles. The van der Waals surface area contributed by atoms with Gasteiger partial charge in [-0.05, 0) is 54.5 Å². The van der Waals surface area contributed by atoms with E-state index in [1.54, 1.807) is 18.3 Å². The van der Waals surface area contributed by atoms with Crippen LogP contribution in [0.25, 0.3) is 5.57 Å². The van der Waals surface area contributed by atoms with Gasteiger partial charge in [0.15, 0.2) is 0 Å². The zero-order chi connectivity index (χ0) is 15.9. The van der Waals surface area contributed by atoms with Gasteiger partial charge in [0, 0.05) is 18.8 Å². The Morgan fingerprint density at radius 3 is 2.70 bits per heavy atom. The van der Waals surface area contributed by atoms with Crippen LogP contribution in [0.3, 0.4) is 0 Å². The van der Waals surface area contributed by atoms with Crippen LogP contribution in [0.15, 0.2) is 54.9 Å². The Morgan fingerprint density at radius 2 is 2.00 bits per heavy atom. The quantitative estimate of drug-likeness (QED) is 0.767. The molecule has 1 aliphatic rings. The van der Waals surface area contributed by atoms with Crippen LogP contribution >= 0.6 is 0 Å². The normalized spacial score (nSPS) is 14.2. The zero-order valence-corrected chi connectivity index (χ0v) is 13.2. The Labute approximate surface area is 137 Å². The van der Waals surface area contributed by atoms with Crippen LogP contribution in [0.4, 0.5) is 0 Å². The van der Waals surface area contributed by atoms with Crippen molar-refractivity contribution >= 4 is 11.5 Å². The number of nitrogens with zero attached hydrogens (tertiary/aromatic N) is 1.